The van der Waals surface area contributed by atoms with E-state index in [1.807, 2.05) is 28.2 Å². The molecule has 0 atom stereocenters. The molecule has 0 fully saturated rings. The van der Waals surface area contributed by atoms with Crippen molar-refractivity contribution in [1.29, 1.82) is 0 Å². The number of nitrogens with one attached hydrogen (secondary N) is 1. The van der Waals surface area contributed by atoms with Crippen LogP contribution in [0.25, 0.3) is 0 Å². The van der Waals surface area contributed by atoms with Crippen LogP contribution in [0.5, 0.6) is 0 Å². The molecule has 0 unspecified atom stereocenters. The van der Waals surface area contributed by atoms with Crippen molar-refractivity contribution in [3.63, 3.8) is 0 Å². The highest BCUT2D eigenvalue weighted by molar-refractivity contribution is 14.1. The second-order valence-electron chi connectivity index (χ2n) is 2.68. The summed E-state index contributed by atoms with van der Waals surface area (Å²) in [6.45, 7) is 2.12. The molecule has 0 aliphatic rings. The van der Waals surface area contributed by atoms with Crippen LogP contribution in [-0.4, -0.2) is 10.9 Å². The minimum Gasteiger partial charge on any atom is -0.298 e. The molecule has 3 nitrogen and oxygen atoms in total. The van der Waals surface area contributed by atoms with E-state index in [-0.39, 0.29) is 5.91 Å². The Morgan fingerprint density at radius 2 is 2.54 bits per heavy atom. The van der Waals surface area contributed by atoms with Crippen molar-refractivity contribution in [3.8, 4) is 0 Å². The summed E-state index contributed by atoms with van der Waals surface area (Å²) in [5, 5.41) is 3.08. The molecule has 1 heterocycles. The van der Waals surface area contributed by atoms with Gasteiger partial charge in [-0.05, 0) is 12.8 Å². The highest BCUT2D eigenvalue weighted by atomic mass is 127. The zero-order chi connectivity index (χ0) is 9.68. The molecule has 1 aromatic rings. The van der Waals surface area contributed by atoms with Gasteiger partial charge in [0.2, 0.25) is 5.91 Å². The fourth-order valence-corrected chi connectivity index (χ4v) is 2.05. The van der Waals surface area contributed by atoms with Gasteiger partial charge in [-0.1, -0.05) is 6.92 Å². The zero-order valence-corrected chi connectivity index (χ0v) is 10.3. The van der Waals surface area contributed by atoms with Gasteiger partial charge in [-0.15, -0.1) is 11.3 Å². The summed E-state index contributed by atoms with van der Waals surface area (Å²) in [5.74, 6) is 0.00829. The summed E-state index contributed by atoms with van der Waals surface area (Å²) in [7, 11) is 0. The van der Waals surface area contributed by atoms with Crippen LogP contribution in [0, 0.1) is 0 Å². The summed E-state index contributed by atoms with van der Waals surface area (Å²) in [4.78, 5) is 15.3. The lowest BCUT2D eigenvalue weighted by molar-refractivity contribution is -0.118. The van der Waals surface area contributed by atoms with E-state index in [9.17, 15) is 4.79 Å². The molecule has 13 heavy (non-hydrogen) atoms. The molecule has 0 aromatic carbocycles. The summed E-state index contributed by atoms with van der Waals surface area (Å²) in [5.41, 5.74) is 0.877. The quantitative estimate of drug-likeness (QED) is 0.683. The third-order valence-electron chi connectivity index (χ3n) is 1.51. The Morgan fingerprint density at radius 3 is 3.15 bits per heavy atom. The van der Waals surface area contributed by atoms with E-state index in [1.54, 1.807) is 11.3 Å². The van der Waals surface area contributed by atoms with Gasteiger partial charge in [0.1, 0.15) is 0 Å². The normalized spacial score (nSPS) is 10.0. The van der Waals surface area contributed by atoms with Crippen LogP contribution in [0.3, 0.4) is 0 Å². The Labute approximate surface area is 95.4 Å². The van der Waals surface area contributed by atoms with Crippen molar-refractivity contribution >= 4 is 40.1 Å². The van der Waals surface area contributed by atoms with Gasteiger partial charge in [-0.2, -0.15) is 0 Å². The number of hydrogen-bond donors (Lipinski definition) is 1. The third kappa shape index (κ3) is 3.60. The molecule has 72 valence electrons. The summed E-state index contributed by atoms with van der Waals surface area (Å²) < 4.78 is 2.55. The smallest absolute Gasteiger partial charge is 0.234 e. The number of nitrogens with zero attached hydrogens (tertiary/aromatic N) is 1. The third-order valence-corrected chi connectivity index (χ3v) is 3.07. The standard InChI is InChI=1S/C8H11IN2OS/c1-2-3-8-10-6(5-13-8)4-7(12)11-9/h5H,2-4H2,1H3,(H,11,12). The molecule has 0 bridgehead atoms. The average molecular weight is 310 g/mol. The highest BCUT2D eigenvalue weighted by Crippen LogP contribution is 2.12. The van der Waals surface area contributed by atoms with E-state index in [2.05, 4.69) is 15.4 Å². The van der Waals surface area contributed by atoms with Gasteiger partial charge < -0.3 is 0 Å². The van der Waals surface area contributed by atoms with Crippen LogP contribution < -0.4 is 3.53 Å². The zero-order valence-electron chi connectivity index (χ0n) is 7.34. The Bertz CT molecular complexity index is 287. The SMILES string of the molecule is CCCc1nc(CC(=O)NI)cs1. The van der Waals surface area contributed by atoms with Crippen molar-refractivity contribution in [3.05, 3.63) is 16.1 Å². The van der Waals surface area contributed by atoms with Crippen LogP contribution in [0.4, 0.5) is 0 Å². The van der Waals surface area contributed by atoms with Crippen LogP contribution in [0.15, 0.2) is 5.38 Å². The van der Waals surface area contributed by atoms with Gasteiger partial charge in [-0.3, -0.25) is 8.32 Å². The fraction of sp³-hybridized carbons (Fsp3) is 0.500. The van der Waals surface area contributed by atoms with E-state index < -0.39 is 0 Å². The van der Waals surface area contributed by atoms with Gasteiger partial charge >= 0.3 is 0 Å². The van der Waals surface area contributed by atoms with Crippen LogP contribution in [-0.2, 0) is 17.6 Å². The van der Waals surface area contributed by atoms with E-state index in [4.69, 9.17) is 0 Å². The van der Waals surface area contributed by atoms with Gasteiger partial charge in [0.25, 0.3) is 0 Å². The van der Waals surface area contributed by atoms with E-state index in [0.29, 0.717) is 6.42 Å². The van der Waals surface area contributed by atoms with Crippen molar-refractivity contribution in [2.45, 2.75) is 26.2 Å². The monoisotopic (exact) mass is 310 g/mol. The van der Waals surface area contributed by atoms with Crippen molar-refractivity contribution in [1.82, 2.24) is 8.51 Å². The first-order valence-corrected chi connectivity index (χ1v) is 6.04. The summed E-state index contributed by atoms with van der Waals surface area (Å²) >= 11 is 3.47. The molecule has 1 amide bonds. The van der Waals surface area contributed by atoms with Crippen LogP contribution in [0.1, 0.15) is 24.0 Å². The van der Waals surface area contributed by atoms with E-state index in [1.165, 1.54) is 0 Å². The maximum atomic E-state index is 11.0. The molecule has 1 rings (SSSR count). The van der Waals surface area contributed by atoms with Gasteiger partial charge in [0.15, 0.2) is 0 Å². The van der Waals surface area contributed by atoms with E-state index in [0.717, 1.165) is 23.5 Å². The second kappa shape index (κ2) is 5.54. The molecular weight excluding hydrogens is 299 g/mol. The topological polar surface area (TPSA) is 42.0 Å². The number of halogens is 1. The minimum atomic E-state index is 0.00829. The maximum Gasteiger partial charge on any atom is 0.234 e. The van der Waals surface area contributed by atoms with Gasteiger partial charge in [0, 0.05) is 5.38 Å². The molecule has 0 aliphatic carbocycles. The molecule has 0 saturated carbocycles. The minimum absolute atomic E-state index is 0.00829. The maximum absolute atomic E-state index is 11.0. The Hall–Kier alpha value is -0.170. The number of aryl methyl sites for hydroxylation is 1. The number of rotatable bonds is 4. The number of hydrogen-bond acceptors (Lipinski definition) is 3. The first-order valence-electron chi connectivity index (χ1n) is 4.09. The molecular formula is C8H11IN2OS. The number of aromatic nitrogens is 1. The highest BCUT2D eigenvalue weighted by Gasteiger charge is 2.05. The summed E-state index contributed by atoms with van der Waals surface area (Å²) in [6.07, 6.45) is 2.51. The van der Waals surface area contributed by atoms with E-state index >= 15 is 0 Å². The average Bonchev–Trinajstić information content (AvgIpc) is 2.53. The van der Waals surface area contributed by atoms with Crippen LogP contribution >= 0.6 is 34.2 Å². The lowest BCUT2D eigenvalue weighted by Gasteiger charge is -1.93. The van der Waals surface area contributed by atoms with Crippen molar-refractivity contribution < 1.29 is 4.79 Å². The number of carbonyl (C=O) groups excluding carboxylic acids is 1. The predicted octanol–water partition coefficient (Wildman–Crippen LogP) is 2.10. The largest absolute Gasteiger partial charge is 0.298 e. The van der Waals surface area contributed by atoms with Gasteiger partial charge in [0.05, 0.1) is 40.0 Å². The van der Waals surface area contributed by atoms with Gasteiger partial charge in [-0.25, -0.2) is 4.98 Å². The number of amides is 1. The Morgan fingerprint density at radius 1 is 1.77 bits per heavy atom. The summed E-state index contributed by atoms with van der Waals surface area (Å²) in [6, 6.07) is 0. The number of carbonyl (C=O) groups is 1. The second-order valence-corrected chi connectivity index (χ2v) is 4.16. The molecule has 1 N–H and O–H groups in total. The molecule has 0 spiro atoms. The fourth-order valence-electron chi connectivity index (χ4n) is 0.957. The predicted molar refractivity (Wildman–Crippen MR) is 62.0 cm³/mol. The molecule has 5 heteroatoms. The molecule has 1 aromatic heterocycles. The first-order chi connectivity index (χ1) is 6.26. The van der Waals surface area contributed by atoms with Crippen LogP contribution in [0.2, 0.25) is 0 Å². The Balaban J connectivity index is 2.53. The first kappa shape index (κ1) is 10.9. The molecule has 0 radical (unpaired) electrons. The Kier molecular flexibility index (Phi) is 4.65. The number of thiazole rings is 1. The lowest BCUT2D eigenvalue weighted by Crippen LogP contribution is -2.14. The lowest BCUT2D eigenvalue weighted by atomic mass is 10.3. The molecule has 0 aliphatic heterocycles. The molecule has 0 saturated heterocycles. The van der Waals surface area contributed by atoms with Crippen molar-refractivity contribution in [2.75, 3.05) is 0 Å². The van der Waals surface area contributed by atoms with Crippen molar-refractivity contribution in [2.24, 2.45) is 0 Å².